The first-order valence-corrected chi connectivity index (χ1v) is 9.83. The summed E-state index contributed by atoms with van der Waals surface area (Å²) in [7, 11) is 0. The highest BCUT2D eigenvalue weighted by Gasteiger charge is 2.34. The Balaban J connectivity index is 1.59. The standard InChI is InChI=1S/C23H26N2O3/c1-15-9-10-20-18(12-15)19(14-23(2,3)28-20)24-22(27)16-6-4-7-17(13-16)25-11-5-8-21(25)26/h4,6-7,9-10,12-13,19H,5,8,11,14H2,1-3H3,(H,24,27). The van der Waals surface area contributed by atoms with Crippen molar-refractivity contribution in [2.24, 2.45) is 0 Å². The van der Waals surface area contributed by atoms with E-state index in [1.54, 1.807) is 17.0 Å². The lowest BCUT2D eigenvalue weighted by atomic mass is 9.88. The SMILES string of the molecule is Cc1ccc2c(c1)C(NC(=O)c1cccc(N3CCCC3=O)c1)CC(C)(C)O2. The van der Waals surface area contributed by atoms with Crippen LogP contribution in [-0.2, 0) is 4.79 Å². The summed E-state index contributed by atoms with van der Waals surface area (Å²) in [4.78, 5) is 26.8. The molecule has 0 aliphatic carbocycles. The zero-order valence-corrected chi connectivity index (χ0v) is 16.6. The number of nitrogens with one attached hydrogen (secondary N) is 1. The molecule has 5 nitrogen and oxygen atoms in total. The molecule has 1 atom stereocenters. The molecule has 0 spiro atoms. The molecular formula is C23H26N2O3. The van der Waals surface area contributed by atoms with Crippen molar-refractivity contribution in [3.8, 4) is 5.75 Å². The number of hydrogen-bond donors (Lipinski definition) is 1. The lowest BCUT2D eigenvalue weighted by Crippen LogP contribution is -2.41. The van der Waals surface area contributed by atoms with E-state index in [0.717, 1.165) is 29.0 Å². The fourth-order valence-electron chi connectivity index (χ4n) is 4.08. The molecular weight excluding hydrogens is 352 g/mol. The van der Waals surface area contributed by atoms with Crippen LogP contribution in [0.1, 0.15) is 60.6 Å². The van der Waals surface area contributed by atoms with Gasteiger partial charge in [0, 0.05) is 36.2 Å². The zero-order valence-electron chi connectivity index (χ0n) is 16.6. The third kappa shape index (κ3) is 3.61. The predicted octanol–water partition coefficient (Wildman–Crippen LogP) is 4.15. The number of ether oxygens (including phenoxy) is 1. The van der Waals surface area contributed by atoms with Crippen LogP contribution in [0.15, 0.2) is 42.5 Å². The lowest BCUT2D eigenvalue weighted by Gasteiger charge is -2.38. The van der Waals surface area contributed by atoms with Gasteiger partial charge in [-0.2, -0.15) is 0 Å². The molecule has 0 saturated carbocycles. The van der Waals surface area contributed by atoms with Crippen molar-refractivity contribution in [2.75, 3.05) is 11.4 Å². The van der Waals surface area contributed by atoms with Gasteiger partial charge >= 0.3 is 0 Å². The normalized spacial score (nSPS) is 20.5. The van der Waals surface area contributed by atoms with Gasteiger partial charge in [0.05, 0.1) is 6.04 Å². The monoisotopic (exact) mass is 378 g/mol. The van der Waals surface area contributed by atoms with Gasteiger partial charge in [-0.05, 0) is 51.5 Å². The second-order valence-electron chi connectivity index (χ2n) is 8.33. The van der Waals surface area contributed by atoms with Gasteiger partial charge < -0.3 is 15.0 Å². The van der Waals surface area contributed by atoms with Crippen molar-refractivity contribution in [3.05, 3.63) is 59.2 Å². The summed E-state index contributed by atoms with van der Waals surface area (Å²) in [5, 5.41) is 3.18. The predicted molar refractivity (Wildman–Crippen MR) is 109 cm³/mol. The van der Waals surface area contributed by atoms with Gasteiger partial charge in [0.25, 0.3) is 5.91 Å². The molecule has 0 radical (unpaired) electrons. The van der Waals surface area contributed by atoms with Crippen LogP contribution in [-0.4, -0.2) is 24.0 Å². The molecule has 2 aliphatic heterocycles. The lowest BCUT2D eigenvalue weighted by molar-refractivity contribution is -0.117. The van der Waals surface area contributed by atoms with Crippen molar-refractivity contribution in [1.82, 2.24) is 5.32 Å². The molecule has 2 aromatic rings. The average molecular weight is 378 g/mol. The number of fused-ring (bicyclic) bond motifs is 1. The van der Waals surface area contributed by atoms with Crippen LogP contribution in [0.5, 0.6) is 5.75 Å². The first-order valence-electron chi connectivity index (χ1n) is 9.83. The molecule has 4 rings (SSSR count). The van der Waals surface area contributed by atoms with Gasteiger partial charge in [0.15, 0.2) is 0 Å². The van der Waals surface area contributed by atoms with Crippen LogP contribution < -0.4 is 15.0 Å². The molecule has 1 saturated heterocycles. The van der Waals surface area contributed by atoms with Gasteiger partial charge in [-0.3, -0.25) is 9.59 Å². The number of carbonyl (C=O) groups excluding carboxylic acids is 2. The molecule has 1 N–H and O–H groups in total. The van der Waals surface area contributed by atoms with E-state index in [0.29, 0.717) is 24.9 Å². The summed E-state index contributed by atoms with van der Waals surface area (Å²) in [5.41, 5.74) is 3.15. The molecule has 2 heterocycles. The topological polar surface area (TPSA) is 58.6 Å². The second kappa shape index (κ2) is 6.97. The number of benzene rings is 2. The Bertz CT molecular complexity index is 935. The van der Waals surface area contributed by atoms with Crippen LogP contribution in [0.25, 0.3) is 0 Å². The molecule has 0 bridgehead atoms. The summed E-state index contributed by atoms with van der Waals surface area (Å²) in [6.07, 6.45) is 2.13. The fraction of sp³-hybridized carbons (Fsp3) is 0.391. The highest BCUT2D eigenvalue weighted by molar-refractivity contribution is 5.99. The van der Waals surface area contributed by atoms with E-state index >= 15 is 0 Å². The average Bonchev–Trinajstić information content (AvgIpc) is 3.08. The van der Waals surface area contributed by atoms with E-state index in [1.807, 2.05) is 45.0 Å². The van der Waals surface area contributed by atoms with Gasteiger partial charge in [-0.1, -0.05) is 23.8 Å². The minimum Gasteiger partial charge on any atom is -0.487 e. The Morgan fingerprint density at radius 2 is 2.04 bits per heavy atom. The number of anilines is 1. The maximum atomic E-state index is 13.0. The first kappa shape index (κ1) is 18.5. The number of nitrogens with zero attached hydrogens (tertiary/aromatic N) is 1. The minimum absolute atomic E-state index is 0.119. The Morgan fingerprint density at radius 3 is 2.79 bits per heavy atom. The van der Waals surface area contributed by atoms with E-state index in [2.05, 4.69) is 11.4 Å². The Labute approximate surface area is 165 Å². The molecule has 0 aromatic heterocycles. The first-order chi connectivity index (χ1) is 13.3. The Kier molecular flexibility index (Phi) is 4.61. The second-order valence-corrected chi connectivity index (χ2v) is 8.33. The van der Waals surface area contributed by atoms with Crippen molar-refractivity contribution < 1.29 is 14.3 Å². The van der Waals surface area contributed by atoms with Crippen LogP contribution >= 0.6 is 0 Å². The zero-order chi connectivity index (χ0) is 19.9. The van der Waals surface area contributed by atoms with Crippen molar-refractivity contribution in [3.63, 3.8) is 0 Å². The smallest absolute Gasteiger partial charge is 0.251 e. The van der Waals surface area contributed by atoms with E-state index in [1.165, 1.54) is 0 Å². The van der Waals surface area contributed by atoms with Crippen LogP contribution in [0.2, 0.25) is 0 Å². The van der Waals surface area contributed by atoms with E-state index < -0.39 is 0 Å². The van der Waals surface area contributed by atoms with Gasteiger partial charge in [0.2, 0.25) is 5.91 Å². The van der Waals surface area contributed by atoms with Crippen LogP contribution in [0.3, 0.4) is 0 Å². The number of amides is 2. The van der Waals surface area contributed by atoms with Gasteiger partial charge in [-0.25, -0.2) is 0 Å². The molecule has 2 aromatic carbocycles. The van der Waals surface area contributed by atoms with Gasteiger partial charge in [-0.15, -0.1) is 0 Å². The summed E-state index contributed by atoms with van der Waals surface area (Å²) < 4.78 is 6.09. The molecule has 1 unspecified atom stereocenters. The van der Waals surface area contributed by atoms with Crippen LogP contribution in [0.4, 0.5) is 5.69 Å². The minimum atomic E-state index is -0.357. The van der Waals surface area contributed by atoms with E-state index in [-0.39, 0.29) is 23.5 Å². The maximum absolute atomic E-state index is 13.0. The third-order valence-corrected chi connectivity index (χ3v) is 5.42. The molecule has 2 amide bonds. The highest BCUT2D eigenvalue weighted by Crippen LogP contribution is 2.40. The molecule has 1 fully saturated rings. The highest BCUT2D eigenvalue weighted by atomic mass is 16.5. The molecule has 28 heavy (non-hydrogen) atoms. The van der Waals surface area contributed by atoms with E-state index in [9.17, 15) is 9.59 Å². The number of aryl methyl sites for hydroxylation is 1. The van der Waals surface area contributed by atoms with Gasteiger partial charge in [0.1, 0.15) is 11.4 Å². The Morgan fingerprint density at radius 1 is 1.21 bits per heavy atom. The Hall–Kier alpha value is -2.82. The fourth-order valence-corrected chi connectivity index (χ4v) is 4.08. The van der Waals surface area contributed by atoms with Crippen molar-refractivity contribution >= 4 is 17.5 Å². The maximum Gasteiger partial charge on any atom is 0.251 e. The molecule has 146 valence electrons. The molecule has 2 aliphatic rings. The summed E-state index contributed by atoms with van der Waals surface area (Å²) in [5.74, 6) is 0.806. The van der Waals surface area contributed by atoms with Crippen molar-refractivity contribution in [2.45, 2.75) is 51.7 Å². The number of carbonyl (C=O) groups is 2. The summed E-state index contributed by atoms with van der Waals surface area (Å²) in [6.45, 7) is 6.82. The molecule has 5 heteroatoms. The third-order valence-electron chi connectivity index (χ3n) is 5.42. The van der Waals surface area contributed by atoms with E-state index in [4.69, 9.17) is 4.74 Å². The van der Waals surface area contributed by atoms with Crippen LogP contribution in [0, 0.1) is 6.92 Å². The largest absolute Gasteiger partial charge is 0.487 e. The number of rotatable bonds is 3. The van der Waals surface area contributed by atoms with Crippen molar-refractivity contribution in [1.29, 1.82) is 0 Å². The quantitative estimate of drug-likeness (QED) is 0.873. The number of hydrogen-bond acceptors (Lipinski definition) is 3. The summed E-state index contributed by atoms with van der Waals surface area (Å²) >= 11 is 0. The summed E-state index contributed by atoms with van der Waals surface area (Å²) in [6, 6.07) is 13.3.